The second kappa shape index (κ2) is 7.10. The van der Waals surface area contributed by atoms with Crippen LogP contribution in [0.5, 0.6) is 0 Å². The molecule has 1 saturated heterocycles. The largest absolute Gasteiger partial charge is 0.340 e. The van der Waals surface area contributed by atoms with Gasteiger partial charge in [0, 0.05) is 24.6 Å². The molecule has 1 aromatic rings. The molecule has 0 aromatic heterocycles. The number of piperidine rings is 1. The number of halogens is 1. The molecule has 1 aliphatic rings. The summed E-state index contributed by atoms with van der Waals surface area (Å²) in [4.78, 5) is 14.2. The van der Waals surface area contributed by atoms with Crippen molar-refractivity contribution < 1.29 is 13.2 Å². The van der Waals surface area contributed by atoms with Gasteiger partial charge in [-0.25, -0.2) is 8.42 Å². The lowest BCUT2D eigenvalue weighted by molar-refractivity contribution is -0.135. The lowest BCUT2D eigenvalue weighted by atomic mass is 10.0. The van der Waals surface area contributed by atoms with Crippen molar-refractivity contribution in [2.24, 2.45) is 0 Å². The molecule has 22 heavy (non-hydrogen) atoms. The highest BCUT2D eigenvalue weighted by atomic mass is 79.9. The van der Waals surface area contributed by atoms with Gasteiger partial charge in [0.15, 0.2) is 0 Å². The Morgan fingerprint density at radius 3 is 2.55 bits per heavy atom. The predicted octanol–water partition coefficient (Wildman–Crippen LogP) is 2.22. The molecule has 7 heteroatoms. The Labute approximate surface area is 140 Å². The Balaban J connectivity index is 2.09. The summed E-state index contributed by atoms with van der Waals surface area (Å²) in [5.41, 5.74) is 1.01. The van der Waals surface area contributed by atoms with Crippen LogP contribution in [-0.4, -0.2) is 49.4 Å². The van der Waals surface area contributed by atoms with Crippen molar-refractivity contribution in [3.63, 3.8) is 0 Å². The summed E-state index contributed by atoms with van der Waals surface area (Å²) in [5.74, 6) is -0.131. The molecule has 1 atom stereocenters. The van der Waals surface area contributed by atoms with Crippen LogP contribution in [0, 0.1) is 0 Å². The first-order valence-corrected chi connectivity index (χ1v) is 9.89. The monoisotopic (exact) mass is 388 g/mol. The third kappa shape index (κ3) is 4.30. The summed E-state index contributed by atoms with van der Waals surface area (Å²) in [7, 11) is -1.63. The molecule has 0 bridgehead atoms. The van der Waals surface area contributed by atoms with Crippen molar-refractivity contribution in [1.82, 2.24) is 9.21 Å². The van der Waals surface area contributed by atoms with Crippen LogP contribution < -0.4 is 0 Å². The van der Waals surface area contributed by atoms with Gasteiger partial charge in [0.05, 0.1) is 6.26 Å². The number of likely N-dealkylation sites (N-methyl/N-ethyl adjacent to an activating group) is 1. The van der Waals surface area contributed by atoms with E-state index in [0.29, 0.717) is 19.5 Å². The van der Waals surface area contributed by atoms with Gasteiger partial charge in [0.2, 0.25) is 15.9 Å². The Morgan fingerprint density at radius 2 is 1.95 bits per heavy atom. The zero-order valence-corrected chi connectivity index (χ0v) is 15.2. The quantitative estimate of drug-likeness (QED) is 0.794. The summed E-state index contributed by atoms with van der Waals surface area (Å²) in [5, 5.41) is 0. The van der Waals surface area contributed by atoms with E-state index in [1.54, 1.807) is 11.9 Å². The predicted molar refractivity (Wildman–Crippen MR) is 89.8 cm³/mol. The molecular formula is C15H21BrN2O3S. The SMILES string of the molecule is CN(Cc1ccc(Br)cc1)C(=O)C1CCCCN1S(C)(=O)=O. The van der Waals surface area contributed by atoms with Gasteiger partial charge in [-0.3, -0.25) is 4.79 Å². The lowest BCUT2D eigenvalue weighted by Gasteiger charge is -2.35. The molecule has 0 radical (unpaired) electrons. The number of hydrogen-bond donors (Lipinski definition) is 0. The summed E-state index contributed by atoms with van der Waals surface area (Å²) < 4.78 is 26.1. The minimum atomic E-state index is -3.35. The number of benzene rings is 1. The smallest absolute Gasteiger partial charge is 0.241 e. The van der Waals surface area contributed by atoms with Crippen LogP contribution in [0.4, 0.5) is 0 Å². The Morgan fingerprint density at radius 1 is 1.32 bits per heavy atom. The molecule has 2 rings (SSSR count). The Kier molecular flexibility index (Phi) is 5.63. The molecule has 1 heterocycles. The molecule has 1 amide bonds. The van der Waals surface area contributed by atoms with Crippen LogP contribution >= 0.6 is 15.9 Å². The second-order valence-electron chi connectivity index (χ2n) is 5.71. The molecule has 1 unspecified atom stereocenters. The first kappa shape index (κ1) is 17.4. The van der Waals surface area contributed by atoms with E-state index in [2.05, 4.69) is 15.9 Å². The second-order valence-corrected chi connectivity index (χ2v) is 8.56. The van der Waals surface area contributed by atoms with E-state index in [0.717, 1.165) is 22.9 Å². The highest BCUT2D eigenvalue weighted by Crippen LogP contribution is 2.22. The van der Waals surface area contributed by atoms with Gasteiger partial charge in [0.1, 0.15) is 6.04 Å². The minimum Gasteiger partial charge on any atom is -0.340 e. The van der Waals surface area contributed by atoms with Gasteiger partial charge in [-0.1, -0.05) is 34.5 Å². The fraction of sp³-hybridized carbons (Fsp3) is 0.533. The van der Waals surface area contributed by atoms with E-state index in [1.807, 2.05) is 24.3 Å². The van der Waals surface area contributed by atoms with E-state index in [4.69, 9.17) is 0 Å². The van der Waals surface area contributed by atoms with E-state index in [-0.39, 0.29) is 5.91 Å². The third-order valence-electron chi connectivity index (χ3n) is 3.87. The van der Waals surface area contributed by atoms with Crippen LogP contribution in [0.1, 0.15) is 24.8 Å². The zero-order chi connectivity index (χ0) is 16.3. The fourth-order valence-electron chi connectivity index (χ4n) is 2.74. The summed E-state index contributed by atoms with van der Waals surface area (Å²) in [6, 6.07) is 7.18. The van der Waals surface area contributed by atoms with Crippen LogP contribution in [0.25, 0.3) is 0 Å². The first-order chi connectivity index (χ1) is 10.3. The first-order valence-electron chi connectivity index (χ1n) is 7.25. The molecule has 0 saturated carbocycles. The van der Waals surface area contributed by atoms with Gasteiger partial charge >= 0.3 is 0 Å². The fourth-order valence-corrected chi connectivity index (χ4v) is 4.13. The van der Waals surface area contributed by atoms with Crippen LogP contribution in [0.15, 0.2) is 28.7 Å². The van der Waals surface area contributed by atoms with Gasteiger partial charge in [-0.05, 0) is 30.5 Å². The number of carbonyl (C=O) groups excluding carboxylic acids is 1. The molecule has 5 nitrogen and oxygen atoms in total. The molecule has 0 spiro atoms. The van der Waals surface area contributed by atoms with Gasteiger partial charge in [-0.2, -0.15) is 4.31 Å². The van der Waals surface area contributed by atoms with E-state index >= 15 is 0 Å². The van der Waals surface area contributed by atoms with Gasteiger partial charge < -0.3 is 4.90 Å². The van der Waals surface area contributed by atoms with Crippen LogP contribution in [0.3, 0.4) is 0 Å². The van der Waals surface area contributed by atoms with Crippen LogP contribution in [-0.2, 0) is 21.4 Å². The summed E-state index contributed by atoms with van der Waals surface area (Å²) in [6.45, 7) is 0.904. The number of amides is 1. The van der Waals surface area contributed by atoms with Crippen molar-refractivity contribution in [1.29, 1.82) is 0 Å². The van der Waals surface area contributed by atoms with E-state index in [1.165, 1.54) is 10.6 Å². The maximum absolute atomic E-state index is 12.6. The summed E-state index contributed by atoms with van der Waals surface area (Å²) >= 11 is 3.38. The van der Waals surface area contributed by atoms with Crippen molar-refractivity contribution >= 4 is 31.9 Å². The molecule has 122 valence electrons. The number of nitrogens with zero attached hydrogens (tertiary/aromatic N) is 2. The molecule has 0 N–H and O–H groups in total. The molecule has 1 aliphatic heterocycles. The number of sulfonamides is 1. The van der Waals surface area contributed by atoms with Gasteiger partial charge in [-0.15, -0.1) is 0 Å². The highest BCUT2D eigenvalue weighted by molar-refractivity contribution is 9.10. The Bertz CT molecular complexity index is 631. The van der Waals surface area contributed by atoms with E-state index < -0.39 is 16.1 Å². The third-order valence-corrected chi connectivity index (χ3v) is 5.69. The topological polar surface area (TPSA) is 57.7 Å². The standard InChI is InChI=1S/C15H21BrN2O3S/c1-17(11-12-6-8-13(16)9-7-12)15(19)14-5-3-4-10-18(14)22(2,20)21/h6-9,14H,3-5,10-11H2,1-2H3. The highest BCUT2D eigenvalue weighted by Gasteiger charge is 2.35. The van der Waals surface area contributed by atoms with Gasteiger partial charge in [0.25, 0.3) is 0 Å². The number of carbonyl (C=O) groups is 1. The molecule has 1 aromatic carbocycles. The molecule has 1 fully saturated rings. The zero-order valence-electron chi connectivity index (χ0n) is 12.8. The number of hydrogen-bond acceptors (Lipinski definition) is 3. The minimum absolute atomic E-state index is 0.131. The average molecular weight is 389 g/mol. The number of rotatable bonds is 4. The van der Waals surface area contributed by atoms with Crippen molar-refractivity contribution in [2.45, 2.75) is 31.8 Å². The van der Waals surface area contributed by atoms with Crippen molar-refractivity contribution in [3.8, 4) is 0 Å². The maximum atomic E-state index is 12.6. The normalized spacial score (nSPS) is 19.9. The van der Waals surface area contributed by atoms with Crippen LogP contribution in [0.2, 0.25) is 0 Å². The lowest BCUT2D eigenvalue weighted by Crippen LogP contribution is -2.51. The summed E-state index contributed by atoms with van der Waals surface area (Å²) in [6.07, 6.45) is 3.46. The van der Waals surface area contributed by atoms with Crippen molar-refractivity contribution in [3.05, 3.63) is 34.3 Å². The maximum Gasteiger partial charge on any atom is 0.241 e. The van der Waals surface area contributed by atoms with E-state index in [9.17, 15) is 13.2 Å². The molecular weight excluding hydrogens is 368 g/mol. The Hall–Kier alpha value is -0.920. The molecule has 0 aliphatic carbocycles. The van der Waals surface area contributed by atoms with Crippen molar-refractivity contribution in [2.75, 3.05) is 19.8 Å². The average Bonchev–Trinajstić information content (AvgIpc) is 2.48.